The van der Waals surface area contributed by atoms with Crippen LogP contribution in [0.3, 0.4) is 0 Å². The molecule has 1 fully saturated rings. The van der Waals surface area contributed by atoms with Gasteiger partial charge in [0, 0.05) is 75.1 Å². The maximum atomic E-state index is 9.34. The van der Waals surface area contributed by atoms with Gasteiger partial charge in [0.2, 0.25) is 0 Å². The third kappa shape index (κ3) is 6.37. The normalized spacial score (nSPS) is 19.4. The van der Waals surface area contributed by atoms with Gasteiger partial charge in [0.15, 0.2) is 18.0 Å². The predicted octanol–water partition coefficient (Wildman–Crippen LogP) is 14.0. The van der Waals surface area contributed by atoms with Crippen molar-refractivity contribution >= 4 is 44.6 Å². The van der Waals surface area contributed by atoms with Gasteiger partial charge in [-0.3, -0.25) is 4.48 Å². The van der Waals surface area contributed by atoms with Crippen molar-refractivity contribution in [2.24, 2.45) is 0 Å². The fourth-order valence-electron chi connectivity index (χ4n) is 8.89. The van der Waals surface area contributed by atoms with E-state index in [9.17, 15) is 1.37 Å². The minimum Gasteiger partial charge on any atom is -0.509 e. The van der Waals surface area contributed by atoms with Crippen molar-refractivity contribution in [3.05, 3.63) is 150 Å². The number of hydrogen-bond acceptors (Lipinski definition) is 2. The zero-order chi connectivity index (χ0) is 41.2. The minimum atomic E-state index is -0.795. The molecule has 0 spiro atoms. The summed E-state index contributed by atoms with van der Waals surface area (Å²) in [5, 5.41) is 2.24. The summed E-state index contributed by atoms with van der Waals surface area (Å²) >= 11 is 0. The summed E-state index contributed by atoms with van der Waals surface area (Å²) in [6.07, 6.45) is 1.90. The summed E-state index contributed by atoms with van der Waals surface area (Å²) in [7, 11) is 0. The van der Waals surface area contributed by atoms with E-state index in [0.29, 0.717) is 20.5 Å². The van der Waals surface area contributed by atoms with Crippen molar-refractivity contribution in [3.8, 4) is 17.3 Å². The fourth-order valence-corrected chi connectivity index (χ4v) is 8.89. The number of pyridine rings is 1. The van der Waals surface area contributed by atoms with Crippen LogP contribution < -0.4 is 13.7 Å². The topological polar surface area (TPSA) is 27.1 Å². The van der Waals surface area contributed by atoms with Crippen LogP contribution >= 0.6 is 0 Å². The van der Waals surface area contributed by atoms with Gasteiger partial charge in [-0.15, -0.1) is 29.7 Å². The van der Waals surface area contributed by atoms with Crippen molar-refractivity contribution in [1.82, 2.24) is 18.5 Å². The van der Waals surface area contributed by atoms with Crippen molar-refractivity contribution in [2.45, 2.75) is 98.3 Å². The maximum Gasteiger partial charge on any atom is 0.184 e. The maximum absolute atomic E-state index is 9.34. The third-order valence-electron chi connectivity index (χ3n) is 12.1. The van der Waals surface area contributed by atoms with Gasteiger partial charge in [0.05, 0.1) is 6.67 Å². The molecule has 0 unspecified atom stereocenters. The second-order valence-corrected chi connectivity index (χ2v) is 19.5. The molecule has 6 heteroatoms. The summed E-state index contributed by atoms with van der Waals surface area (Å²) in [4.78, 5) is 4.85. The van der Waals surface area contributed by atoms with Crippen molar-refractivity contribution in [1.29, 1.82) is 0 Å². The van der Waals surface area contributed by atoms with Crippen LogP contribution in [0.25, 0.3) is 27.6 Å². The first-order valence-corrected chi connectivity index (χ1v) is 20.3. The number of ether oxygens (including phenoxy) is 1. The van der Waals surface area contributed by atoms with Crippen LogP contribution in [0.2, 0.25) is 0 Å². The van der Waals surface area contributed by atoms with E-state index in [0.717, 1.165) is 45.5 Å². The molecule has 3 aliphatic heterocycles. The first kappa shape index (κ1) is 38.9. The molecule has 0 amide bonds. The van der Waals surface area contributed by atoms with Crippen LogP contribution in [0.1, 0.15) is 106 Å². The van der Waals surface area contributed by atoms with E-state index in [2.05, 4.69) is 177 Å². The number of nitrogens with zero attached hydrogens (tertiary/aromatic N) is 4. The van der Waals surface area contributed by atoms with Crippen LogP contribution in [0.15, 0.2) is 109 Å². The summed E-state index contributed by atoms with van der Waals surface area (Å²) in [6, 6.07) is 44.2. The Morgan fingerprint density at radius 1 is 0.707 bits per heavy atom. The molecule has 5 aromatic carbocycles. The molecule has 10 rings (SSSR count). The number of fused-ring (bicyclic) bond motifs is 3. The molecule has 5 nitrogen and oxygen atoms in total. The Labute approximate surface area is 361 Å². The van der Waals surface area contributed by atoms with Crippen molar-refractivity contribution in [3.63, 3.8) is 0 Å². The number of hydrogen-bond donors (Lipinski definition) is 0. The van der Waals surface area contributed by atoms with Gasteiger partial charge >= 0.3 is 0 Å². The second kappa shape index (κ2) is 13.8. The standard InChI is InChI=1S/C52H55N4O.Pt/c1-34(2)42-19-15-21-47-49(42)56(39-27-36(51(6,7)8)26-37(28-39)52(9,10)11)32-55(47,33-56)38-16-14-17-40(30-38)57-41-22-23-44-43-18-12-13-20-45(43)54(46(44)31-41)48-29-35(24-25-53-48)50(3,4)5;/h12-29,32,34H,33H2,1-11H3;/q-1;/t55-,56+;/m1./s1/i34D;. The SMILES string of the molecule is [2H]C(C)(C)c1cccc2c1[N@@+]1(c3cc(C(C)(C)C)cc(C(C)(C)C)c3)[CH-][N@+]2(c2[c-]c(Oc3[c-]c4c(cc3)c3ccccc3n4-c3cc(C(C)(C)C)ccn3)ccc2)C1.[Pt]. The van der Waals surface area contributed by atoms with Gasteiger partial charge in [0.1, 0.15) is 11.5 Å². The molecule has 300 valence electrons. The van der Waals surface area contributed by atoms with Crippen LogP contribution in [-0.2, 0) is 37.3 Å². The first-order chi connectivity index (χ1) is 27.2. The number of aromatic nitrogens is 2. The molecule has 58 heavy (non-hydrogen) atoms. The quantitative estimate of drug-likeness (QED) is 0.123. The van der Waals surface area contributed by atoms with Gasteiger partial charge in [-0.1, -0.05) is 124 Å². The molecule has 1 saturated heterocycles. The monoisotopic (exact) mass is 947 g/mol. The Hall–Kier alpha value is -4.54. The van der Waals surface area contributed by atoms with Crippen molar-refractivity contribution < 1.29 is 27.2 Å². The fraction of sp³-hybridized carbons (Fsp3) is 0.308. The Bertz CT molecular complexity index is 2740. The number of quaternary nitrogens is 2. The Balaban J connectivity index is 0.00000484. The molecule has 2 atom stereocenters. The summed E-state index contributed by atoms with van der Waals surface area (Å²) in [5.74, 6) is 1.31. The number of benzene rings is 5. The molecule has 2 bridgehead atoms. The zero-order valence-corrected chi connectivity index (χ0v) is 38.0. The molecule has 0 radical (unpaired) electrons. The van der Waals surface area contributed by atoms with Crippen LogP contribution in [0.5, 0.6) is 11.5 Å². The van der Waals surface area contributed by atoms with Crippen molar-refractivity contribution in [2.75, 3.05) is 6.67 Å². The Morgan fingerprint density at radius 2 is 1.36 bits per heavy atom. The van der Waals surface area contributed by atoms with E-state index in [1.165, 1.54) is 33.8 Å². The summed E-state index contributed by atoms with van der Waals surface area (Å²) < 4.78 is 19.3. The zero-order valence-electron chi connectivity index (χ0n) is 36.7. The predicted molar refractivity (Wildman–Crippen MR) is 238 cm³/mol. The van der Waals surface area contributed by atoms with Gasteiger partial charge < -0.3 is 13.8 Å². The van der Waals surface area contributed by atoms with E-state index < -0.39 is 5.89 Å². The molecule has 0 saturated carbocycles. The number of para-hydroxylation sites is 2. The molecule has 3 aliphatic rings. The third-order valence-corrected chi connectivity index (χ3v) is 12.1. The van der Waals surface area contributed by atoms with Crippen LogP contribution in [0.4, 0.5) is 22.7 Å². The number of rotatable bonds is 6. The molecule has 5 heterocycles. The largest absolute Gasteiger partial charge is 0.509 e. The van der Waals surface area contributed by atoms with Crippen LogP contribution in [-0.4, -0.2) is 16.2 Å². The van der Waals surface area contributed by atoms with E-state index >= 15 is 0 Å². The van der Waals surface area contributed by atoms with Crippen LogP contribution in [0, 0.1) is 18.8 Å². The van der Waals surface area contributed by atoms with Gasteiger partial charge in [-0.05, 0) is 62.4 Å². The summed E-state index contributed by atoms with van der Waals surface area (Å²) in [5.41, 5.74) is 11.5. The van der Waals surface area contributed by atoms with E-state index in [-0.39, 0.29) is 37.3 Å². The van der Waals surface area contributed by atoms with E-state index in [4.69, 9.17) is 9.72 Å². The van der Waals surface area contributed by atoms with Gasteiger partial charge in [-0.25, -0.2) is 4.98 Å². The van der Waals surface area contributed by atoms with Gasteiger partial charge in [0.25, 0.3) is 0 Å². The summed E-state index contributed by atoms with van der Waals surface area (Å²) in [6.45, 7) is 27.7. The Kier molecular flexibility index (Phi) is 9.24. The second-order valence-electron chi connectivity index (χ2n) is 19.5. The molecule has 0 aliphatic carbocycles. The Morgan fingerprint density at radius 3 is 2.03 bits per heavy atom. The average molecular weight is 948 g/mol. The van der Waals surface area contributed by atoms with E-state index in [1.54, 1.807) is 0 Å². The minimum absolute atomic E-state index is 0. The molecule has 7 aromatic rings. The average Bonchev–Trinajstić information content (AvgIpc) is 3.74. The smallest absolute Gasteiger partial charge is 0.184 e. The van der Waals surface area contributed by atoms with Gasteiger partial charge in [-0.2, -0.15) is 12.1 Å². The molecule has 2 aromatic heterocycles. The molecular weight excluding hydrogens is 892 g/mol. The molecular formula is C52H55N4OPt-. The molecule has 0 N–H and O–H groups in total. The first-order valence-electron chi connectivity index (χ1n) is 20.8. The van der Waals surface area contributed by atoms with E-state index in [1.807, 2.05) is 32.2 Å².